The summed E-state index contributed by atoms with van der Waals surface area (Å²) in [4.78, 5) is 16.6. The number of hydrogen-bond acceptors (Lipinski definition) is 3. The number of likely N-dealkylation sites (N-methyl/N-ethyl adjacent to an activating group) is 1. The van der Waals surface area contributed by atoms with Crippen LogP contribution in [0.3, 0.4) is 0 Å². The Morgan fingerprint density at radius 3 is 2.70 bits per heavy atom. The van der Waals surface area contributed by atoms with Crippen molar-refractivity contribution in [3.8, 4) is 6.07 Å². The van der Waals surface area contributed by atoms with Gasteiger partial charge in [0, 0.05) is 4.88 Å². The van der Waals surface area contributed by atoms with Crippen molar-refractivity contribution in [2.75, 3.05) is 45.1 Å². The number of carbonyl (C=O) groups is 1. The lowest BCUT2D eigenvalue weighted by Gasteiger charge is -2.26. The number of aryl methyl sites for hydroxylation is 1. The largest absolute Gasteiger partial charge is 0.328 e. The molecule has 23 heavy (non-hydrogen) atoms. The number of thiophene rings is 1. The number of quaternary nitrogens is 2. The van der Waals surface area contributed by atoms with Gasteiger partial charge in [-0.1, -0.05) is 6.42 Å². The average molecular weight is 334 g/mol. The summed E-state index contributed by atoms with van der Waals surface area (Å²) in [6, 6.07) is 2.33. The molecule has 1 aliphatic heterocycles. The number of nitrogens with one attached hydrogen (secondary N) is 3. The van der Waals surface area contributed by atoms with Crippen LogP contribution in [0.15, 0.2) is 0 Å². The molecule has 3 N–H and O–H groups in total. The van der Waals surface area contributed by atoms with Crippen LogP contribution in [0.1, 0.15) is 35.3 Å². The third-order valence-corrected chi connectivity index (χ3v) is 6.21. The summed E-state index contributed by atoms with van der Waals surface area (Å²) >= 11 is 1.62. The van der Waals surface area contributed by atoms with Gasteiger partial charge in [0.25, 0.3) is 5.91 Å². The van der Waals surface area contributed by atoms with Crippen LogP contribution in [0, 0.1) is 11.3 Å². The molecule has 0 bridgehead atoms. The Morgan fingerprint density at radius 1 is 1.22 bits per heavy atom. The predicted octanol–water partition coefficient (Wildman–Crippen LogP) is -0.760. The molecular weight excluding hydrogens is 308 g/mol. The molecule has 1 aliphatic carbocycles. The van der Waals surface area contributed by atoms with Gasteiger partial charge in [0.15, 0.2) is 6.54 Å². The van der Waals surface area contributed by atoms with Crippen molar-refractivity contribution < 1.29 is 14.6 Å². The third kappa shape index (κ3) is 3.92. The summed E-state index contributed by atoms with van der Waals surface area (Å²) in [5, 5.41) is 13.3. The first kappa shape index (κ1) is 16.4. The maximum atomic E-state index is 12.4. The lowest BCUT2D eigenvalue weighted by atomic mass is 10.1. The van der Waals surface area contributed by atoms with Gasteiger partial charge in [-0.25, -0.2) is 0 Å². The summed E-state index contributed by atoms with van der Waals surface area (Å²) in [7, 11) is 2.20. The van der Waals surface area contributed by atoms with Gasteiger partial charge in [0.2, 0.25) is 0 Å². The molecule has 0 aromatic carbocycles. The SMILES string of the molecule is C[NH+]1CC[NH+](CC(=O)Nc2sc3c(c2C#N)CCCCC3)CC1. The maximum absolute atomic E-state index is 12.4. The van der Waals surface area contributed by atoms with E-state index in [2.05, 4.69) is 18.4 Å². The van der Waals surface area contributed by atoms with Crippen molar-refractivity contribution in [2.45, 2.75) is 32.1 Å². The zero-order valence-corrected chi connectivity index (χ0v) is 14.7. The normalized spacial score (nSPS) is 24.3. The Bertz CT molecular complexity index is 611. The van der Waals surface area contributed by atoms with Gasteiger partial charge >= 0.3 is 0 Å². The first-order chi connectivity index (χ1) is 11.2. The molecule has 1 aromatic heterocycles. The van der Waals surface area contributed by atoms with Crippen molar-refractivity contribution in [3.05, 3.63) is 16.0 Å². The molecule has 1 fully saturated rings. The zero-order valence-electron chi connectivity index (χ0n) is 13.8. The van der Waals surface area contributed by atoms with E-state index in [1.165, 1.54) is 28.2 Å². The minimum Gasteiger partial charge on any atom is -0.328 e. The number of rotatable bonds is 3. The van der Waals surface area contributed by atoms with Gasteiger partial charge < -0.3 is 15.1 Å². The number of amides is 1. The van der Waals surface area contributed by atoms with E-state index < -0.39 is 0 Å². The maximum Gasteiger partial charge on any atom is 0.280 e. The quantitative estimate of drug-likeness (QED) is 0.637. The third-order valence-electron chi connectivity index (χ3n) is 5.01. The van der Waals surface area contributed by atoms with E-state index in [0.29, 0.717) is 6.54 Å². The minimum absolute atomic E-state index is 0.0486. The van der Waals surface area contributed by atoms with Crippen LogP contribution in [-0.2, 0) is 17.6 Å². The lowest BCUT2D eigenvalue weighted by Crippen LogP contribution is -3.27. The average Bonchev–Trinajstić information content (AvgIpc) is 2.69. The van der Waals surface area contributed by atoms with Crippen molar-refractivity contribution in [3.63, 3.8) is 0 Å². The molecule has 0 atom stereocenters. The van der Waals surface area contributed by atoms with Gasteiger partial charge in [-0.2, -0.15) is 5.26 Å². The molecule has 2 heterocycles. The molecule has 6 heteroatoms. The molecule has 5 nitrogen and oxygen atoms in total. The van der Waals surface area contributed by atoms with E-state index in [4.69, 9.17) is 0 Å². The summed E-state index contributed by atoms with van der Waals surface area (Å²) in [6.07, 6.45) is 5.62. The number of hydrogen-bond donors (Lipinski definition) is 3. The second-order valence-electron chi connectivity index (χ2n) is 6.81. The number of carbonyl (C=O) groups excluding carboxylic acids is 1. The summed E-state index contributed by atoms with van der Waals surface area (Å²) < 4.78 is 0. The van der Waals surface area contributed by atoms with E-state index in [1.807, 2.05) is 0 Å². The molecule has 1 saturated heterocycles. The lowest BCUT2D eigenvalue weighted by molar-refractivity contribution is -0.999. The van der Waals surface area contributed by atoms with E-state index >= 15 is 0 Å². The fraction of sp³-hybridized carbons (Fsp3) is 0.647. The van der Waals surface area contributed by atoms with E-state index in [-0.39, 0.29) is 5.91 Å². The van der Waals surface area contributed by atoms with E-state index in [0.717, 1.165) is 56.0 Å². The number of fused-ring (bicyclic) bond motifs is 1. The number of nitrogens with zero attached hydrogens (tertiary/aromatic N) is 1. The summed E-state index contributed by atoms with van der Waals surface area (Å²) in [5.41, 5.74) is 1.92. The van der Waals surface area contributed by atoms with Crippen LogP contribution >= 0.6 is 11.3 Å². The van der Waals surface area contributed by atoms with Crippen LogP contribution in [0.4, 0.5) is 5.00 Å². The minimum atomic E-state index is 0.0486. The van der Waals surface area contributed by atoms with Crippen LogP contribution in [-0.4, -0.2) is 45.7 Å². The smallest absolute Gasteiger partial charge is 0.280 e. The second-order valence-corrected chi connectivity index (χ2v) is 7.92. The highest BCUT2D eigenvalue weighted by Gasteiger charge is 2.25. The molecule has 0 unspecified atom stereocenters. The zero-order chi connectivity index (χ0) is 16.2. The molecule has 0 spiro atoms. The van der Waals surface area contributed by atoms with Crippen molar-refractivity contribution in [1.29, 1.82) is 5.26 Å². The highest BCUT2D eigenvalue weighted by molar-refractivity contribution is 7.16. The molecule has 0 saturated carbocycles. The first-order valence-electron chi connectivity index (χ1n) is 8.66. The standard InChI is InChI=1S/C17H24N4OS/c1-20-7-9-21(10-8-20)12-16(22)19-17-14(11-18)13-5-3-2-4-6-15(13)23-17/h2-10,12H2,1H3,(H,19,22)/p+2. The van der Waals surface area contributed by atoms with Crippen LogP contribution in [0.5, 0.6) is 0 Å². The Morgan fingerprint density at radius 2 is 1.96 bits per heavy atom. The van der Waals surface area contributed by atoms with Crippen LogP contribution < -0.4 is 15.1 Å². The molecule has 1 aromatic rings. The summed E-state index contributed by atoms with van der Waals surface area (Å²) in [5.74, 6) is 0.0486. The van der Waals surface area contributed by atoms with Gasteiger partial charge in [-0.3, -0.25) is 4.79 Å². The number of anilines is 1. The second kappa shape index (κ2) is 7.43. The molecule has 0 radical (unpaired) electrons. The number of piperazine rings is 1. The highest BCUT2D eigenvalue weighted by atomic mass is 32.1. The van der Waals surface area contributed by atoms with Gasteiger partial charge in [-0.05, 0) is 31.2 Å². The monoisotopic (exact) mass is 334 g/mol. The number of nitriles is 1. The van der Waals surface area contributed by atoms with E-state index in [9.17, 15) is 10.1 Å². The molecule has 1 amide bonds. The van der Waals surface area contributed by atoms with Crippen LogP contribution in [0.2, 0.25) is 0 Å². The topological polar surface area (TPSA) is 61.8 Å². The Kier molecular flexibility index (Phi) is 5.31. The molecule has 124 valence electrons. The molecule has 3 rings (SSSR count). The highest BCUT2D eigenvalue weighted by Crippen LogP contribution is 2.36. The van der Waals surface area contributed by atoms with Gasteiger partial charge in [-0.15, -0.1) is 11.3 Å². The Balaban J connectivity index is 1.65. The van der Waals surface area contributed by atoms with Gasteiger partial charge in [0.1, 0.15) is 37.2 Å². The Hall–Kier alpha value is -1.42. The molecule has 2 aliphatic rings. The van der Waals surface area contributed by atoms with Crippen molar-refractivity contribution in [2.24, 2.45) is 0 Å². The molecular formula is C17H26N4OS+2. The van der Waals surface area contributed by atoms with Crippen molar-refractivity contribution >= 4 is 22.2 Å². The van der Waals surface area contributed by atoms with Crippen molar-refractivity contribution in [1.82, 2.24) is 0 Å². The van der Waals surface area contributed by atoms with Crippen LogP contribution in [0.25, 0.3) is 0 Å². The van der Waals surface area contributed by atoms with Gasteiger partial charge in [0.05, 0.1) is 12.6 Å². The first-order valence-corrected chi connectivity index (χ1v) is 9.48. The fourth-order valence-corrected chi connectivity index (χ4v) is 4.81. The summed E-state index contributed by atoms with van der Waals surface area (Å²) in [6.45, 7) is 4.86. The Labute approximate surface area is 141 Å². The fourth-order valence-electron chi connectivity index (χ4n) is 3.55. The van der Waals surface area contributed by atoms with E-state index in [1.54, 1.807) is 16.2 Å². The predicted molar refractivity (Wildman–Crippen MR) is 91.1 cm³/mol.